The van der Waals surface area contributed by atoms with Crippen molar-refractivity contribution in [2.75, 3.05) is 6.73 Å². The van der Waals surface area contributed by atoms with Gasteiger partial charge in [-0.25, -0.2) is 0 Å². The van der Waals surface area contributed by atoms with E-state index < -0.39 is 0 Å². The predicted molar refractivity (Wildman–Crippen MR) is 66.1 cm³/mol. The molecule has 2 aliphatic rings. The van der Waals surface area contributed by atoms with Gasteiger partial charge in [-0.3, -0.25) is 0 Å². The number of para-hydroxylation sites is 2. The van der Waals surface area contributed by atoms with Crippen molar-refractivity contribution in [2.24, 2.45) is 0 Å². The van der Waals surface area contributed by atoms with Gasteiger partial charge in [0.15, 0.2) is 0 Å². The number of hydrogen-bond acceptors (Lipinski definition) is 1. The Balaban J connectivity index is 1.95. The molecule has 2 aromatic carbocycles. The first-order valence-electron chi connectivity index (χ1n) is 5.87. The maximum Gasteiger partial charge on any atom is 0.292 e. The molecule has 82 valence electrons. The maximum absolute atomic E-state index is 5.80. The summed E-state index contributed by atoms with van der Waals surface area (Å²) in [6.07, 6.45) is 1.01. The minimum Gasteiger partial charge on any atom is -0.435 e. The summed E-state index contributed by atoms with van der Waals surface area (Å²) in [5, 5.41) is 0. The molecule has 4 rings (SSSR count). The summed E-state index contributed by atoms with van der Waals surface area (Å²) >= 11 is 0. The van der Waals surface area contributed by atoms with Crippen LogP contribution in [-0.2, 0) is 6.42 Å². The van der Waals surface area contributed by atoms with Gasteiger partial charge in [0.2, 0.25) is 11.4 Å². The molecule has 2 aliphatic heterocycles. The quantitative estimate of drug-likeness (QED) is 0.624. The highest BCUT2D eigenvalue weighted by Crippen LogP contribution is 2.33. The molecule has 0 N–H and O–H groups in total. The van der Waals surface area contributed by atoms with Gasteiger partial charge >= 0.3 is 0 Å². The van der Waals surface area contributed by atoms with Crippen molar-refractivity contribution < 1.29 is 9.31 Å². The monoisotopic (exact) mass is 222 g/mol. The Bertz CT molecular complexity index is 643. The van der Waals surface area contributed by atoms with Crippen molar-refractivity contribution in [1.29, 1.82) is 0 Å². The van der Waals surface area contributed by atoms with Gasteiger partial charge in [0, 0.05) is 11.6 Å². The normalized spacial score (nSPS) is 16.0. The number of hydrogen-bond donors (Lipinski definition) is 0. The van der Waals surface area contributed by atoms with Crippen molar-refractivity contribution in [2.45, 2.75) is 6.42 Å². The Labute approximate surface area is 99.8 Å². The Morgan fingerprint density at radius 3 is 2.76 bits per heavy atom. The highest BCUT2D eigenvalue weighted by Gasteiger charge is 2.35. The van der Waals surface area contributed by atoms with Gasteiger partial charge in [-0.1, -0.05) is 30.3 Å². The van der Waals surface area contributed by atoms with Gasteiger partial charge in [-0.05, 0) is 12.1 Å². The van der Waals surface area contributed by atoms with Crippen LogP contribution in [0.2, 0.25) is 0 Å². The van der Waals surface area contributed by atoms with Gasteiger partial charge in [-0.2, -0.15) is 4.58 Å². The predicted octanol–water partition coefficient (Wildman–Crippen LogP) is 2.73. The average Bonchev–Trinajstić information content (AvgIpc) is 2.78. The SMILES string of the molecule is c1ccc2c(c1)CC1=[N+]2COc2ccccc21. The van der Waals surface area contributed by atoms with Crippen molar-refractivity contribution in [1.82, 2.24) is 0 Å². The third-order valence-electron chi connectivity index (χ3n) is 3.51. The minimum absolute atomic E-state index is 0.628. The fraction of sp³-hybridized carbons (Fsp3) is 0.133. The first kappa shape index (κ1) is 8.99. The van der Waals surface area contributed by atoms with E-state index in [4.69, 9.17) is 4.74 Å². The molecule has 0 saturated heterocycles. The first-order chi connectivity index (χ1) is 8.43. The molecule has 0 bridgehead atoms. The third kappa shape index (κ3) is 1.18. The Hall–Kier alpha value is -2.09. The number of nitrogens with zero attached hydrogens (tertiary/aromatic N) is 1. The second-order valence-corrected chi connectivity index (χ2v) is 4.45. The maximum atomic E-state index is 5.80. The van der Waals surface area contributed by atoms with Crippen LogP contribution in [0.15, 0.2) is 48.5 Å². The Kier molecular flexibility index (Phi) is 1.69. The largest absolute Gasteiger partial charge is 0.435 e. The lowest BCUT2D eigenvalue weighted by Gasteiger charge is -2.14. The molecule has 0 aromatic heterocycles. The summed E-state index contributed by atoms with van der Waals surface area (Å²) in [4.78, 5) is 0. The van der Waals surface area contributed by atoms with Crippen LogP contribution in [0.5, 0.6) is 5.75 Å². The highest BCUT2D eigenvalue weighted by atomic mass is 16.5. The summed E-state index contributed by atoms with van der Waals surface area (Å²) in [6.45, 7) is 0.628. The Morgan fingerprint density at radius 2 is 1.76 bits per heavy atom. The van der Waals surface area contributed by atoms with Crippen molar-refractivity contribution in [3.05, 3.63) is 59.7 Å². The van der Waals surface area contributed by atoms with Crippen molar-refractivity contribution in [3.8, 4) is 5.75 Å². The van der Waals surface area contributed by atoms with Gasteiger partial charge in [0.1, 0.15) is 5.75 Å². The number of rotatable bonds is 0. The van der Waals surface area contributed by atoms with Crippen LogP contribution in [0, 0.1) is 0 Å². The smallest absolute Gasteiger partial charge is 0.292 e. The van der Waals surface area contributed by atoms with Crippen molar-refractivity contribution in [3.63, 3.8) is 0 Å². The fourth-order valence-corrected chi connectivity index (χ4v) is 2.70. The van der Waals surface area contributed by atoms with Gasteiger partial charge < -0.3 is 4.74 Å². The van der Waals surface area contributed by atoms with Crippen LogP contribution in [0.4, 0.5) is 5.69 Å². The molecule has 2 heteroatoms. The summed E-state index contributed by atoms with van der Waals surface area (Å²) in [5.41, 5.74) is 5.28. The van der Waals surface area contributed by atoms with Crippen LogP contribution < -0.4 is 4.74 Å². The molecular weight excluding hydrogens is 210 g/mol. The number of fused-ring (bicyclic) bond motifs is 4. The lowest BCUT2D eigenvalue weighted by Crippen LogP contribution is -2.25. The Morgan fingerprint density at radius 1 is 0.941 bits per heavy atom. The molecule has 0 spiro atoms. The molecule has 0 atom stereocenters. The van der Waals surface area contributed by atoms with E-state index in [9.17, 15) is 0 Å². The van der Waals surface area contributed by atoms with Gasteiger partial charge in [0.25, 0.3) is 6.73 Å². The van der Waals surface area contributed by atoms with Gasteiger partial charge in [0.05, 0.1) is 12.0 Å². The van der Waals surface area contributed by atoms with Gasteiger partial charge in [-0.15, -0.1) is 0 Å². The minimum atomic E-state index is 0.628. The summed E-state index contributed by atoms with van der Waals surface area (Å²) in [5.74, 6) is 1.01. The second-order valence-electron chi connectivity index (χ2n) is 4.45. The van der Waals surface area contributed by atoms with Crippen LogP contribution in [-0.4, -0.2) is 17.0 Å². The lowest BCUT2D eigenvalue weighted by atomic mass is 10.0. The average molecular weight is 222 g/mol. The first-order valence-corrected chi connectivity index (χ1v) is 5.87. The number of ether oxygens (including phenoxy) is 1. The summed E-state index contributed by atoms with van der Waals surface area (Å²) in [6, 6.07) is 16.8. The van der Waals surface area contributed by atoms with E-state index in [0.29, 0.717) is 6.73 Å². The zero-order valence-electron chi connectivity index (χ0n) is 9.39. The molecule has 0 aliphatic carbocycles. The summed E-state index contributed by atoms with van der Waals surface area (Å²) < 4.78 is 8.07. The zero-order valence-corrected chi connectivity index (χ0v) is 9.39. The fourth-order valence-electron chi connectivity index (χ4n) is 2.70. The van der Waals surface area contributed by atoms with E-state index in [1.165, 1.54) is 22.5 Å². The molecule has 0 unspecified atom stereocenters. The zero-order chi connectivity index (χ0) is 11.2. The summed E-state index contributed by atoms with van der Waals surface area (Å²) in [7, 11) is 0. The topological polar surface area (TPSA) is 12.2 Å². The van der Waals surface area contributed by atoms with E-state index in [2.05, 4.69) is 41.0 Å². The van der Waals surface area contributed by atoms with E-state index in [1.54, 1.807) is 0 Å². The van der Waals surface area contributed by atoms with Crippen LogP contribution in [0.1, 0.15) is 11.1 Å². The molecule has 2 aromatic rings. The van der Waals surface area contributed by atoms with E-state index in [-0.39, 0.29) is 0 Å². The number of benzene rings is 2. The molecule has 0 fully saturated rings. The van der Waals surface area contributed by atoms with E-state index >= 15 is 0 Å². The molecule has 0 saturated carbocycles. The molecule has 2 heterocycles. The molecule has 0 radical (unpaired) electrons. The lowest BCUT2D eigenvalue weighted by molar-refractivity contribution is -0.478. The van der Waals surface area contributed by atoms with Crippen molar-refractivity contribution >= 4 is 11.4 Å². The van der Waals surface area contributed by atoms with Crippen LogP contribution >= 0.6 is 0 Å². The third-order valence-corrected chi connectivity index (χ3v) is 3.51. The van der Waals surface area contributed by atoms with E-state index in [1.807, 2.05) is 12.1 Å². The van der Waals surface area contributed by atoms with E-state index in [0.717, 1.165) is 12.2 Å². The van der Waals surface area contributed by atoms with Crippen LogP contribution in [0.25, 0.3) is 0 Å². The molecule has 2 nitrogen and oxygen atoms in total. The molecule has 17 heavy (non-hydrogen) atoms. The highest BCUT2D eigenvalue weighted by molar-refractivity contribution is 6.03. The standard InChI is InChI=1S/C15H12NO/c1-3-7-13-11(5-1)9-14-12-6-2-4-8-15(12)17-10-16(13)14/h1-8H,9-10H2/q+1. The molecular formula is C15H12NO+. The van der Waals surface area contributed by atoms with Crippen LogP contribution in [0.3, 0.4) is 0 Å². The molecule has 0 amide bonds. The second kappa shape index (κ2) is 3.20.